The van der Waals surface area contributed by atoms with Crippen molar-refractivity contribution in [3.63, 3.8) is 0 Å². The standard InChI is InChI=1S/C19H28F3NO4S/c1-17(2,3)28(26)23-18(4,12-15(25)13-24)14-6-8-16(9-7-14)27-11-5-10-19(20,21)22/h6-9,23-24H,5,10-13H2,1-4H3/t18-,28+/m1/s1. The maximum atomic E-state index is 12.6. The molecule has 0 radical (unpaired) electrons. The minimum Gasteiger partial charge on any atom is -0.494 e. The van der Waals surface area contributed by atoms with Gasteiger partial charge in [0.1, 0.15) is 12.4 Å². The van der Waals surface area contributed by atoms with Crippen molar-refractivity contribution in [1.29, 1.82) is 0 Å². The molecule has 1 aromatic rings. The Morgan fingerprint density at radius 2 is 1.71 bits per heavy atom. The lowest BCUT2D eigenvalue weighted by Crippen LogP contribution is -2.47. The monoisotopic (exact) mass is 423 g/mol. The number of halogens is 3. The van der Waals surface area contributed by atoms with Crippen LogP contribution in [0.3, 0.4) is 0 Å². The van der Waals surface area contributed by atoms with Crippen LogP contribution in [0.5, 0.6) is 5.75 Å². The number of ketones is 1. The Kier molecular flexibility index (Phi) is 8.64. The highest BCUT2D eigenvalue weighted by Gasteiger charge is 2.34. The van der Waals surface area contributed by atoms with Crippen molar-refractivity contribution >= 4 is 16.8 Å². The maximum Gasteiger partial charge on any atom is 0.389 e. The van der Waals surface area contributed by atoms with Crippen molar-refractivity contribution < 1.29 is 32.0 Å². The predicted octanol–water partition coefficient (Wildman–Crippen LogP) is 3.63. The molecule has 0 aromatic heterocycles. The Bertz CT molecular complexity index is 671. The van der Waals surface area contributed by atoms with Crippen LogP contribution in [0.25, 0.3) is 0 Å². The molecular formula is C19H28F3NO4S. The average molecular weight is 423 g/mol. The number of aliphatic hydroxyl groups excluding tert-OH is 1. The van der Waals surface area contributed by atoms with Gasteiger partial charge in [0.25, 0.3) is 0 Å². The van der Waals surface area contributed by atoms with Gasteiger partial charge < -0.3 is 9.84 Å². The summed E-state index contributed by atoms with van der Waals surface area (Å²) in [6.07, 6.45) is -5.32. The Hall–Kier alpha value is -1.45. The van der Waals surface area contributed by atoms with E-state index in [1.165, 1.54) is 0 Å². The van der Waals surface area contributed by atoms with Gasteiger partial charge in [-0.2, -0.15) is 13.2 Å². The topological polar surface area (TPSA) is 75.6 Å². The van der Waals surface area contributed by atoms with Gasteiger partial charge in [-0.1, -0.05) is 12.1 Å². The molecule has 0 unspecified atom stereocenters. The van der Waals surface area contributed by atoms with E-state index in [9.17, 15) is 22.2 Å². The van der Waals surface area contributed by atoms with Gasteiger partial charge in [0.2, 0.25) is 0 Å². The van der Waals surface area contributed by atoms with Gasteiger partial charge in [-0.25, -0.2) is 8.93 Å². The number of ether oxygens (including phenoxy) is 1. The lowest BCUT2D eigenvalue weighted by Gasteiger charge is -2.33. The Labute approximate surface area is 166 Å². The van der Waals surface area contributed by atoms with Crippen molar-refractivity contribution in [3.8, 4) is 5.75 Å². The molecule has 28 heavy (non-hydrogen) atoms. The minimum absolute atomic E-state index is 0.0641. The SMILES string of the molecule is CC(C)(C)[S@](=O)N[C@](C)(CC(=O)CO)c1ccc(OCCCC(F)(F)F)cc1. The van der Waals surface area contributed by atoms with Gasteiger partial charge in [0.15, 0.2) is 5.78 Å². The molecule has 1 rings (SSSR count). The zero-order valence-electron chi connectivity index (χ0n) is 16.6. The second-order valence-electron chi connectivity index (χ2n) is 7.78. The summed E-state index contributed by atoms with van der Waals surface area (Å²) in [5, 5.41) is 9.11. The maximum absolute atomic E-state index is 12.6. The molecule has 0 saturated heterocycles. The van der Waals surface area contributed by atoms with Crippen LogP contribution >= 0.6 is 0 Å². The molecule has 0 saturated carbocycles. The van der Waals surface area contributed by atoms with Gasteiger partial charge in [-0.3, -0.25) is 4.79 Å². The van der Waals surface area contributed by atoms with Gasteiger partial charge in [0.05, 0.1) is 27.9 Å². The van der Waals surface area contributed by atoms with Crippen LogP contribution in [0.4, 0.5) is 13.2 Å². The summed E-state index contributed by atoms with van der Waals surface area (Å²) >= 11 is 0. The molecule has 0 amide bonds. The summed E-state index contributed by atoms with van der Waals surface area (Å²) in [6.45, 7) is 6.40. The zero-order valence-corrected chi connectivity index (χ0v) is 17.4. The molecule has 0 spiro atoms. The summed E-state index contributed by atoms with van der Waals surface area (Å²) in [4.78, 5) is 11.8. The van der Waals surface area contributed by atoms with Crippen LogP contribution in [0.15, 0.2) is 24.3 Å². The van der Waals surface area contributed by atoms with E-state index in [0.29, 0.717) is 11.3 Å². The third-order valence-electron chi connectivity index (χ3n) is 3.97. The molecule has 2 atom stereocenters. The van der Waals surface area contributed by atoms with Crippen molar-refractivity contribution in [1.82, 2.24) is 4.72 Å². The first kappa shape index (κ1) is 24.6. The van der Waals surface area contributed by atoms with Crippen LogP contribution in [-0.4, -0.2) is 39.2 Å². The second kappa shape index (κ2) is 9.84. The molecule has 0 heterocycles. The van der Waals surface area contributed by atoms with E-state index in [4.69, 9.17) is 9.84 Å². The number of Topliss-reactive ketones (excluding diaryl/α,β-unsaturated/α-hetero) is 1. The number of aliphatic hydroxyl groups is 1. The van der Waals surface area contributed by atoms with Crippen LogP contribution in [-0.2, 0) is 21.3 Å². The average Bonchev–Trinajstić information content (AvgIpc) is 2.57. The molecule has 0 aliphatic heterocycles. The molecule has 0 bridgehead atoms. The normalized spacial score (nSPS) is 15.7. The van der Waals surface area contributed by atoms with Crippen LogP contribution in [0, 0.1) is 0 Å². The van der Waals surface area contributed by atoms with E-state index in [2.05, 4.69) is 4.72 Å². The third kappa shape index (κ3) is 8.28. The van der Waals surface area contributed by atoms with Crippen LogP contribution in [0.2, 0.25) is 0 Å². The summed E-state index contributed by atoms with van der Waals surface area (Å²) in [6, 6.07) is 6.51. The number of benzene rings is 1. The highest BCUT2D eigenvalue weighted by Crippen LogP contribution is 2.29. The lowest BCUT2D eigenvalue weighted by molar-refractivity contribution is -0.136. The lowest BCUT2D eigenvalue weighted by atomic mass is 9.88. The summed E-state index contributed by atoms with van der Waals surface area (Å²) < 4.78 is 56.8. The first-order chi connectivity index (χ1) is 12.8. The Balaban J connectivity index is 2.90. The van der Waals surface area contributed by atoms with Crippen molar-refractivity contribution in [2.75, 3.05) is 13.2 Å². The van der Waals surface area contributed by atoms with E-state index in [1.54, 1.807) is 52.0 Å². The summed E-state index contributed by atoms with van der Waals surface area (Å²) in [7, 11) is -1.47. The molecule has 160 valence electrons. The Morgan fingerprint density at radius 1 is 1.14 bits per heavy atom. The highest BCUT2D eigenvalue weighted by atomic mass is 32.2. The number of nitrogens with one attached hydrogen (secondary N) is 1. The number of hydrogen-bond acceptors (Lipinski definition) is 4. The first-order valence-corrected chi connectivity index (χ1v) is 10.0. The minimum atomic E-state index is -4.21. The zero-order chi connectivity index (χ0) is 21.6. The number of alkyl halides is 3. The fourth-order valence-corrected chi connectivity index (χ4v) is 3.29. The fourth-order valence-electron chi connectivity index (χ4n) is 2.39. The smallest absolute Gasteiger partial charge is 0.389 e. The number of carbonyl (C=O) groups excluding carboxylic acids is 1. The number of carbonyl (C=O) groups is 1. The highest BCUT2D eigenvalue weighted by molar-refractivity contribution is 7.84. The predicted molar refractivity (Wildman–Crippen MR) is 102 cm³/mol. The second-order valence-corrected chi connectivity index (χ2v) is 9.75. The molecule has 9 heteroatoms. The van der Waals surface area contributed by atoms with Gasteiger partial charge in [-0.05, 0) is 51.8 Å². The largest absolute Gasteiger partial charge is 0.494 e. The van der Waals surface area contributed by atoms with E-state index < -0.39 is 46.3 Å². The Morgan fingerprint density at radius 3 is 2.18 bits per heavy atom. The molecule has 0 fully saturated rings. The fraction of sp³-hybridized carbons (Fsp3) is 0.632. The molecule has 0 aliphatic carbocycles. The summed E-state index contributed by atoms with van der Waals surface area (Å²) in [5.41, 5.74) is -0.346. The molecule has 5 nitrogen and oxygen atoms in total. The number of hydrogen-bond donors (Lipinski definition) is 2. The van der Waals surface area contributed by atoms with E-state index >= 15 is 0 Å². The van der Waals surface area contributed by atoms with Gasteiger partial charge >= 0.3 is 6.18 Å². The van der Waals surface area contributed by atoms with E-state index in [1.807, 2.05) is 0 Å². The van der Waals surface area contributed by atoms with Crippen molar-refractivity contribution in [2.24, 2.45) is 0 Å². The molecule has 0 aliphatic rings. The van der Waals surface area contributed by atoms with E-state index in [-0.39, 0.29) is 19.4 Å². The molecule has 1 aromatic carbocycles. The van der Waals surface area contributed by atoms with Crippen LogP contribution < -0.4 is 9.46 Å². The first-order valence-electron chi connectivity index (χ1n) is 8.89. The van der Waals surface area contributed by atoms with Gasteiger partial charge in [-0.15, -0.1) is 0 Å². The van der Waals surface area contributed by atoms with E-state index in [0.717, 1.165) is 0 Å². The van der Waals surface area contributed by atoms with Crippen LogP contribution in [0.1, 0.15) is 52.5 Å². The third-order valence-corrected chi connectivity index (χ3v) is 5.71. The summed E-state index contributed by atoms with van der Waals surface area (Å²) in [5.74, 6) is -0.00732. The molecule has 2 N–H and O–H groups in total. The molecular weight excluding hydrogens is 395 g/mol. The quantitative estimate of drug-likeness (QED) is 0.564. The van der Waals surface area contributed by atoms with Crippen molar-refractivity contribution in [3.05, 3.63) is 29.8 Å². The van der Waals surface area contributed by atoms with Crippen molar-refractivity contribution in [2.45, 2.75) is 63.4 Å². The van der Waals surface area contributed by atoms with Gasteiger partial charge in [0, 0.05) is 12.8 Å². The number of rotatable bonds is 10.